The molecule has 0 spiro atoms. The van der Waals surface area contributed by atoms with Crippen molar-refractivity contribution in [1.82, 2.24) is 10.2 Å². The highest BCUT2D eigenvalue weighted by molar-refractivity contribution is 5.83. The van der Waals surface area contributed by atoms with E-state index in [2.05, 4.69) is 5.32 Å². The number of carbonyl (C=O) groups is 1. The second-order valence-electron chi connectivity index (χ2n) is 4.08. The van der Waals surface area contributed by atoms with E-state index in [1.807, 2.05) is 25.9 Å². The van der Waals surface area contributed by atoms with Crippen LogP contribution < -0.4 is 5.32 Å². The highest BCUT2D eigenvalue weighted by atomic mass is 16.3. The fourth-order valence-corrected chi connectivity index (χ4v) is 0.639. The number of hydrogen-bond donors (Lipinski definition) is 2. The van der Waals surface area contributed by atoms with Gasteiger partial charge in [-0.25, -0.2) is 0 Å². The predicted molar refractivity (Wildman–Crippen MR) is 52.5 cm³/mol. The fourth-order valence-electron chi connectivity index (χ4n) is 0.639. The molecule has 0 radical (unpaired) electrons. The molecule has 0 saturated heterocycles. The lowest BCUT2D eigenvalue weighted by Crippen LogP contribution is -2.46. The third-order valence-electron chi connectivity index (χ3n) is 2.00. The highest BCUT2D eigenvalue weighted by Gasteiger charge is 2.23. The minimum atomic E-state index is -1.29. The number of likely N-dealkylation sites (N-methyl/N-ethyl adjacent to an activating group) is 1. The molecule has 0 aliphatic carbocycles. The van der Waals surface area contributed by atoms with Crippen molar-refractivity contribution in [3.8, 4) is 0 Å². The van der Waals surface area contributed by atoms with Gasteiger partial charge in [-0.1, -0.05) is 0 Å². The Labute approximate surface area is 79.9 Å². The number of rotatable bonds is 4. The lowest BCUT2D eigenvalue weighted by molar-refractivity contribution is -0.136. The molecule has 0 aliphatic rings. The van der Waals surface area contributed by atoms with Gasteiger partial charge in [-0.05, 0) is 34.9 Å². The van der Waals surface area contributed by atoms with Crippen molar-refractivity contribution in [3.63, 3.8) is 0 Å². The lowest BCUT2D eigenvalue weighted by Gasteiger charge is -2.22. The van der Waals surface area contributed by atoms with Crippen LogP contribution in [0.4, 0.5) is 0 Å². The zero-order chi connectivity index (χ0) is 10.6. The highest BCUT2D eigenvalue weighted by Crippen LogP contribution is 2.00. The molecule has 1 atom stereocenters. The standard InChI is InChI=1S/C9H20N2O2/c1-7(11(4)5)6-10-8(12)9(2,3)13/h7,13H,6H2,1-5H3,(H,10,12). The third-order valence-corrected chi connectivity index (χ3v) is 2.00. The van der Waals surface area contributed by atoms with Crippen LogP contribution in [0.25, 0.3) is 0 Å². The summed E-state index contributed by atoms with van der Waals surface area (Å²) in [5, 5.41) is 12.0. The molecule has 13 heavy (non-hydrogen) atoms. The summed E-state index contributed by atoms with van der Waals surface area (Å²) in [4.78, 5) is 13.2. The van der Waals surface area contributed by atoms with Crippen LogP contribution in [0.3, 0.4) is 0 Å². The summed E-state index contributed by atoms with van der Waals surface area (Å²) in [5.41, 5.74) is -1.29. The minimum Gasteiger partial charge on any atom is -0.381 e. The average molecular weight is 188 g/mol. The minimum absolute atomic E-state index is 0.270. The molecule has 0 aromatic heterocycles. The summed E-state index contributed by atoms with van der Waals surface area (Å²) >= 11 is 0. The zero-order valence-electron chi connectivity index (χ0n) is 9.09. The topological polar surface area (TPSA) is 52.6 Å². The van der Waals surface area contributed by atoms with Crippen molar-refractivity contribution in [1.29, 1.82) is 0 Å². The van der Waals surface area contributed by atoms with Crippen LogP contribution in [-0.2, 0) is 4.79 Å². The first kappa shape index (κ1) is 12.4. The van der Waals surface area contributed by atoms with Gasteiger partial charge in [0, 0.05) is 12.6 Å². The fraction of sp³-hybridized carbons (Fsp3) is 0.889. The Kier molecular flexibility index (Phi) is 4.36. The van der Waals surface area contributed by atoms with Gasteiger partial charge in [0.25, 0.3) is 5.91 Å². The Bertz CT molecular complexity index is 173. The Morgan fingerprint density at radius 3 is 2.31 bits per heavy atom. The quantitative estimate of drug-likeness (QED) is 0.643. The van der Waals surface area contributed by atoms with Crippen molar-refractivity contribution in [2.24, 2.45) is 0 Å². The molecule has 0 fully saturated rings. The predicted octanol–water partition coefficient (Wildman–Crippen LogP) is -0.176. The second kappa shape index (κ2) is 4.58. The van der Waals surface area contributed by atoms with E-state index in [4.69, 9.17) is 0 Å². The first-order valence-corrected chi connectivity index (χ1v) is 4.42. The van der Waals surface area contributed by atoms with Gasteiger partial charge >= 0.3 is 0 Å². The smallest absolute Gasteiger partial charge is 0.251 e. The van der Waals surface area contributed by atoms with Crippen LogP contribution in [0.1, 0.15) is 20.8 Å². The molecule has 78 valence electrons. The summed E-state index contributed by atoms with van der Waals surface area (Å²) in [6, 6.07) is 0.270. The van der Waals surface area contributed by atoms with Gasteiger partial charge in [0.05, 0.1) is 0 Å². The first-order valence-electron chi connectivity index (χ1n) is 4.42. The van der Waals surface area contributed by atoms with E-state index in [1.165, 1.54) is 13.8 Å². The summed E-state index contributed by atoms with van der Waals surface area (Å²) in [6.45, 7) is 5.51. The van der Waals surface area contributed by atoms with E-state index in [-0.39, 0.29) is 11.9 Å². The van der Waals surface area contributed by atoms with Crippen molar-refractivity contribution in [2.45, 2.75) is 32.4 Å². The Balaban J connectivity index is 3.84. The molecule has 4 nitrogen and oxygen atoms in total. The zero-order valence-corrected chi connectivity index (χ0v) is 9.09. The van der Waals surface area contributed by atoms with E-state index in [0.717, 1.165) is 0 Å². The van der Waals surface area contributed by atoms with Gasteiger partial charge in [0.2, 0.25) is 0 Å². The van der Waals surface area contributed by atoms with Crippen LogP contribution >= 0.6 is 0 Å². The molecule has 1 amide bonds. The number of hydrogen-bond acceptors (Lipinski definition) is 3. The summed E-state index contributed by atoms with van der Waals surface area (Å²) in [5.74, 6) is -0.332. The van der Waals surface area contributed by atoms with E-state index in [9.17, 15) is 9.90 Å². The summed E-state index contributed by atoms with van der Waals surface area (Å²) < 4.78 is 0. The average Bonchev–Trinajstić information content (AvgIpc) is 1.97. The van der Waals surface area contributed by atoms with Gasteiger partial charge in [0.1, 0.15) is 5.60 Å². The maximum absolute atomic E-state index is 11.2. The Hall–Kier alpha value is -0.610. The molecule has 0 saturated carbocycles. The van der Waals surface area contributed by atoms with E-state index < -0.39 is 5.60 Å². The number of amides is 1. The van der Waals surface area contributed by atoms with Gasteiger partial charge in [-0.3, -0.25) is 4.79 Å². The molecular formula is C9H20N2O2. The van der Waals surface area contributed by atoms with Crippen LogP contribution in [-0.4, -0.2) is 48.2 Å². The maximum atomic E-state index is 11.2. The second-order valence-corrected chi connectivity index (χ2v) is 4.08. The summed E-state index contributed by atoms with van der Waals surface area (Å²) in [7, 11) is 3.89. The third kappa shape index (κ3) is 4.85. The molecule has 1 unspecified atom stereocenters. The SMILES string of the molecule is CC(CNC(=O)C(C)(C)O)N(C)C. The molecule has 0 rings (SSSR count). The molecule has 4 heteroatoms. The monoisotopic (exact) mass is 188 g/mol. The van der Waals surface area contributed by atoms with Crippen molar-refractivity contribution >= 4 is 5.91 Å². The van der Waals surface area contributed by atoms with Gasteiger partial charge in [0.15, 0.2) is 0 Å². The van der Waals surface area contributed by atoms with Crippen LogP contribution in [0.15, 0.2) is 0 Å². The number of nitrogens with one attached hydrogen (secondary N) is 1. The largest absolute Gasteiger partial charge is 0.381 e. The van der Waals surface area contributed by atoms with Gasteiger partial charge in [-0.15, -0.1) is 0 Å². The van der Waals surface area contributed by atoms with E-state index in [0.29, 0.717) is 6.54 Å². The Morgan fingerprint density at radius 1 is 1.54 bits per heavy atom. The van der Waals surface area contributed by atoms with Crippen LogP contribution in [0.2, 0.25) is 0 Å². The van der Waals surface area contributed by atoms with E-state index >= 15 is 0 Å². The van der Waals surface area contributed by atoms with Gasteiger partial charge in [-0.2, -0.15) is 0 Å². The molecule has 0 bridgehead atoms. The number of aliphatic hydroxyl groups is 1. The normalized spacial score (nSPS) is 14.4. The molecular weight excluding hydrogens is 168 g/mol. The van der Waals surface area contributed by atoms with Crippen LogP contribution in [0.5, 0.6) is 0 Å². The lowest BCUT2D eigenvalue weighted by atomic mass is 10.1. The number of carbonyl (C=O) groups excluding carboxylic acids is 1. The van der Waals surface area contributed by atoms with Crippen LogP contribution in [0, 0.1) is 0 Å². The number of nitrogens with zero attached hydrogens (tertiary/aromatic N) is 1. The molecule has 2 N–H and O–H groups in total. The first-order chi connectivity index (χ1) is 5.75. The maximum Gasteiger partial charge on any atom is 0.251 e. The Morgan fingerprint density at radius 2 is 2.00 bits per heavy atom. The van der Waals surface area contributed by atoms with E-state index in [1.54, 1.807) is 0 Å². The van der Waals surface area contributed by atoms with Crippen molar-refractivity contribution in [2.75, 3.05) is 20.6 Å². The molecule has 0 aromatic rings. The van der Waals surface area contributed by atoms with Gasteiger partial charge < -0.3 is 15.3 Å². The summed E-state index contributed by atoms with van der Waals surface area (Å²) in [6.07, 6.45) is 0. The van der Waals surface area contributed by atoms with Crippen molar-refractivity contribution < 1.29 is 9.90 Å². The molecule has 0 aromatic carbocycles. The molecule has 0 aliphatic heterocycles. The van der Waals surface area contributed by atoms with Crippen molar-refractivity contribution in [3.05, 3.63) is 0 Å². The molecule has 0 heterocycles.